The average Bonchev–Trinajstić information content (AvgIpc) is 2.51. The lowest BCUT2D eigenvalue weighted by Crippen LogP contribution is -2.31. The molecule has 0 bridgehead atoms. The molecule has 1 heterocycles. The molecular formula is C14H16N2O5S. The molecule has 118 valence electrons. The number of carboxylic acids is 1. The Morgan fingerprint density at radius 1 is 1.36 bits per heavy atom. The van der Waals surface area contributed by atoms with E-state index in [2.05, 4.69) is 9.71 Å². The highest BCUT2D eigenvalue weighted by Gasteiger charge is 2.20. The van der Waals surface area contributed by atoms with Crippen molar-refractivity contribution in [2.45, 2.75) is 17.9 Å². The Bertz CT molecular complexity index is 804. The van der Waals surface area contributed by atoms with Crippen molar-refractivity contribution < 1.29 is 23.1 Å². The Kier molecular flexibility index (Phi) is 4.74. The Morgan fingerprint density at radius 3 is 2.73 bits per heavy atom. The number of hydrogen-bond donors (Lipinski definition) is 2. The van der Waals surface area contributed by atoms with Crippen LogP contribution in [0.2, 0.25) is 0 Å². The second-order valence-corrected chi connectivity index (χ2v) is 6.45. The summed E-state index contributed by atoms with van der Waals surface area (Å²) in [5.74, 6) is -1.21. The molecule has 0 aliphatic rings. The van der Waals surface area contributed by atoms with E-state index in [1.807, 2.05) is 0 Å². The second kappa shape index (κ2) is 6.39. The number of methoxy groups -OCH3 is 1. The van der Waals surface area contributed by atoms with Gasteiger partial charge in [-0.05, 0) is 19.1 Å². The fourth-order valence-electron chi connectivity index (χ4n) is 1.97. The molecule has 1 aromatic heterocycles. The molecule has 22 heavy (non-hydrogen) atoms. The first-order valence-electron chi connectivity index (χ1n) is 6.50. The first-order valence-corrected chi connectivity index (χ1v) is 7.98. The maximum absolute atomic E-state index is 12.4. The van der Waals surface area contributed by atoms with E-state index in [4.69, 9.17) is 9.84 Å². The number of sulfonamides is 1. The van der Waals surface area contributed by atoms with Gasteiger partial charge in [0, 0.05) is 30.6 Å². The third-order valence-corrected chi connectivity index (χ3v) is 4.70. The number of rotatable bonds is 6. The summed E-state index contributed by atoms with van der Waals surface area (Å²) in [6.07, 6.45) is 1.00. The summed E-state index contributed by atoms with van der Waals surface area (Å²) in [7, 11) is -2.30. The van der Waals surface area contributed by atoms with Crippen molar-refractivity contribution in [1.82, 2.24) is 9.71 Å². The van der Waals surface area contributed by atoms with Gasteiger partial charge in [0.25, 0.3) is 0 Å². The highest BCUT2D eigenvalue weighted by Crippen LogP contribution is 2.24. The molecular weight excluding hydrogens is 308 g/mol. The molecule has 7 nitrogen and oxygen atoms in total. The van der Waals surface area contributed by atoms with Crippen LogP contribution < -0.4 is 4.72 Å². The van der Waals surface area contributed by atoms with Crippen LogP contribution in [-0.4, -0.2) is 44.2 Å². The molecule has 0 saturated heterocycles. The molecule has 1 atom stereocenters. The van der Waals surface area contributed by atoms with Crippen LogP contribution in [0.25, 0.3) is 10.8 Å². The largest absolute Gasteiger partial charge is 0.476 e. The normalized spacial score (nSPS) is 13.2. The number of aromatic carboxylic acids is 1. The van der Waals surface area contributed by atoms with Crippen LogP contribution in [0, 0.1) is 0 Å². The Morgan fingerprint density at radius 2 is 2.09 bits per heavy atom. The molecule has 0 aliphatic carbocycles. The number of carbonyl (C=O) groups is 1. The summed E-state index contributed by atoms with van der Waals surface area (Å²) in [6, 6.07) is 5.93. The number of nitrogens with one attached hydrogen (secondary N) is 1. The summed E-state index contributed by atoms with van der Waals surface area (Å²) < 4.78 is 32.3. The predicted molar refractivity (Wildman–Crippen MR) is 80.4 cm³/mol. The number of pyridine rings is 1. The number of hydrogen-bond acceptors (Lipinski definition) is 5. The minimum Gasteiger partial charge on any atom is -0.476 e. The zero-order valence-corrected chi connectivity index (χ0v) is 12.9. The number of benzene rings is 1. The summed E-state index contributed by atoms with van der Waals surface area (Å²) >= 11 is 0. The quantitative estimate of drug-likeness (QED) is 0.828. The van der Waals surface area contributed by atoms with E-state index in [1.54, 1.807) is 6.92 Å². The highest BCUT2D eigenvalue weighted by atomic mass is 32.2. The van der Waals surface area contributed by atoms with Gasteiger partial charge >= 0.3 is 5.97 Å². The first-order chi connectivity index (χ1) is 10.4. The number of carboxylic acid groups (broad SMARTS) is 1. The molecule has 0 spiro atoms. The van der Waals surface area contributed by atoms with Crippen LogP contribution in [0.4, 0.5) is 0 Å². The molecule has 0 saturated carbocycles. The van der Waals surface area contributed by atoms with Gasteiger partial charge in [-0.25, -0.2) is 22.9 Å². The molecule has 1 aromatic carbocycles. The lowest BCUT2D eigenvalue weighted by atomic mass is 10.1. The van der Waals surface area contributed by atoms with Gasteiger partial charge in [-0.1, -0.05) is 12.1 Å². The zero-order chi connectivity index (χ0) is 16.3. The van der Waals surface area contributed by atoms with E-state index in [0.717, 1.165) is 0 Å². The third-order valence-electron chi connectivity index (χ3n) is 3.22. The van der Waals surface area contributed by atoms with Crippen molar-refractivity contribution in [3.63, 3.8) is 0 Å². The van der Waals surface area contributed by atoms with E-state index in [0.29, 0.717) is 5.39 Å². The van der Waals surface area contributed by atoms with E-state index < -0.39 is 16.0 Å². The Balaban J connectivity index is 2.52. The predicted octanol–water partition coefficient (Wildman–Crippen LogP) is 1.25. The van der Waals surface area contributed by atoms with Crippen molar-refractivity contribution in [3.8, 4) is 0 Å². The van der Waals surface area contributed by atoms with Crippen molar-refractivity contribution >= 4 is 26.8 Å². The van der Waals surface area contributed by atoms with E-state index in [9.17, 15) is 13.2 Å². The number of aromatic nitrogens is 1. The smallest absolute Gasteiger partial charge is 0.355 e. The Labute approximate surface area is 128 Å². The molecule has 0 aliphatic heterocycles. The highest BCUT2D eigenvalue weighted by molar-refractivity contribution is 7.89. The molecule has 0 fully saturated rings. The van der Waals surface area contributed by atoms with Gasteiger partial charge in [-0.2, -0.15) is 0 Å². The first kappa shape index (κ1) is 16.3. The number of ether oxygens (including phenoxy) is 1. The van der Waals surface area contributed by atoms with Crippen LogP contribution in [0.3, 0.4) is 0 Å². The minimum atomic E-state index is -3.79. The van der Waals surface area contributed by atoms with Crippen molar-refractivity contribution in [3.05, 3.63) is 36.2 Å². The van der Waals surface area contributed by atoms with Gasteiger partial charge in [0.2, 0.25) is 10.0 Å². The lowest BCUT2D eigenvalue weighted by molar-refractivity contribution is 0.0693. The van der Waals surface area contributed by atoms with Crippen molar-refractivity contribution in [2.75, 3.05) is 13.7 Å². The topological polar surface area (TPSA) is 106 Å². The fourth-order valence-corrected chi connectivity index (χ4v) is 3.31. The summed E-state index contributed by atoms with van der Waals surface area (Å²) in [6.45, 7) is 1.85. The van der Waals surface area contributed by atoms with Gasteiger partial charge in [0.1, 0.15) is 0 Å². The van der Waals surface area contributed by atoms with E-state index >= 15 is 0 Å². The standard InChI is InChI=1S/C14H16N2O5S/c1-9(21-2)8-16-22(19,20)12-5-3-4-11-10(12)6-7-15-13(11)14(17)18/h3-7,9,16H,8H2,1-2H3,(H,17,18)/t9-/m0/s1. The van der Waals surface area contributed by atoms with Gasteiger partial charge in [0.15, 0.2) is 5.69 Å². The second-order valence-electron chi connectivity index (χ2n) is 4.71. The monoisotopic (exact) mass is 324 g/mol. The van der Waals surface area contributed by atoms with E-state index in [-0.39, 0.29) is 28.6 Å². The minimum absolute atomic E-state index is 0.0122. The fraction of sp³-hybridized carbons (Fsp3) is 0.286. The van der Waals surface area contributed by atoms with E-state index in [1.165, 1.54) is 37.6 Å². The molecule has 0 amide bonds. The molecule has 2 aromatic rings. The van der Waals surface area contributed by atoms with Gasteiger partial charge in [0.05, 0.1) is 11.0 Å². The lowest BCUT2D eigenvalue weighted by Gasteiger charge is -2.13. The number of fused-ring (bicyclic) bond motifs is 1. The van der Waals surface area contributed by atoms with Crippen LogP contribution in [-0.2, 0) is 14.8 Å². The van der Waals surface area contributed by atoms with Crippen molar-refractivity contribution in [2.24, 2.45) is 0 Å². The van der Waals surface area contributed by atoms with Crippen LogP contribution in [0.5, 0.6) is 0 Å². The van der Waals surface area contributed by atoms with Gasteiger partial charge < -0.3 is 9.84 Å². The maximum atomic E-state index is 12.4. The number of nitrogens with zero attached hydrogens (tertiary/aromatic N) is 1. The van der Waals surface area contributed by atoms with Gasteiger partial charge in [-0.3, -0.25) is 0 Å². The summed E-state index contributed by atoms with van der Waals surface area (Å²) in [5.41, 5.74) is -0.181. The maximum Gasteiger partial charge on any atom is 0.355 e. The Hall–Kier alpha value is -2.03. The summed E-state index contributed by atoms with van der Waals surface area (Å²) in [4.78, 5) is 15.0. The average molecular weight is 324 g/mol. The SMILES string of the molecule is CO[C@@H](C)CNS(=O)(=O)c1cccc2c(C(=O)O)nccc12. The van der Waals surface area contributed by atoms with Crippen LogP contribution in [0.1, 0.15) is 17.4 Å². The third kappa shape index (κ3) is 3.24. The van der Waals surface area contributed by atoms with Crippen LogP contribution >= 0.6 is 0 Å². The molecule has 2 N–H and O–H groups in total. The zero-order valence-electron chi connectivity index (χ0n) is 12.1. The summed E-state index contributed by atoms with van der Waals surface area (Å²) in [5, 5.41) is 9.73. The molecule has 0 radical (unpaired) electrons. The molecule has 2 rings (SSSR count). The molecule has 8 heteroatoms. The molecule has 0 unspecified atom stereocenters. The van der Waals surface area contributed by atoms with Gasteiger partial charge in [-0.15, -0.1) is 0 Å². The van der Waals surface area contributed by atoms with Crippen molar-refractivity contribution in [1.29, 1.82) is 0 Å². The van der Waals surface area contributed by atoms with Crippen LogP contribution in [0.15, 0.2) is 35.4 Å².